The van der Waals surface area contributed by atoms with Crippen molar-refractivity contribution in [3.8, 4) is 11.8 Å². The molecule has 2 heterocycles. The van der Waals surface area contributed by atoms with E-state index in [1.807, 2.05) is 0 Å². The molecule has 0 spiro atoms. The van der Waals surface area contributed by atoms with Gasteiger partial charge in [0, 0.05) is 5.02 Å². The van der Waals surface area contributed by atoms with Crippen LogP contribution in [0.1, 0.15) is 33.3 Å². The van der Waals surface area contributed by atoms with E-state index in [-0.39, 0.29) is 24.7 Å². The second-order valence-electron chi connectivity index (χ2n) is 6.05. The van der Waals surface area contributed by atoms with Crippen molar-refractivity contribution in [2.24, 2.45) is 5.92 Å². The summed E-state index contributed by atoms with van der Waals surface area (Å²) in [6.45, 7) is 3.85. The first-order chi connectivity index (χ1) is 12.9. The molecule has 0 radical (unpaired) electrons. The minimum atomic E-state index is -0.499. The first kappa shape index (κ1) is 19.2. The molecule has 2 aromatic rings. The lowest BCUT2D eigenvalue weighted by atomic mass is 9.96. The van der Waals surface area contributed by atoms with E-state index in [1.165, 1.54) is 0 Å². The fourth-order valence-corrected chi connectivity index (χ4v) is 4.12. The number of amides is 1. The summed E-state index contributed by atoms with van der Waals surface area (Å²) in [7, 11) is 0. The summed E-state index contributed by atoms with van der Waals surface area (Å²) in [6, 6.07) is 7.36. The van der Waals surface area contributed by atoms with Crippen LogP contribution in [0.3, 0.4) is 0 Å². The van der Waals surface area contributed by atoms with Gasteiger partial charge in [0.05, 0.1) is 18.1 Å². The lowest BCUT2D eigenvalue weighted by Gasteiger charge is -2.24. The maximum absolute atomic E-state index is 12.7. The predicted molar refractivity (Wildman–Crippen MR) is 102 cm³/mol. The van der Waals surface area contributed by atoms with Crippen LogP contribution in [0.2, 0.25) is 5.02 Å². The van der Waals surface area contributed by atoms with Crippen LogP contribution in [-0.4, -0.2) is 25.1 Å². The maximum atomic E-state index is 12.7. The third-order valence-electron chi connectivity index (χ3n) is 4.26. The number of hydrogen-bond donors (Lipinski definition) is 1. The topological polar surface area (TPSA) is 88.4 Å². The van der Waals surface area contributed by atoms with Gasteiger partial charge in [-0.25, -0.2) is 4.79 Å². The molecule has 1 aliphatic rings. The molecule has 0 aliphatic carbocycles. The molecule has 0 fully saturated rings. The summed E-state index contributed by atoms with van der Waals surface area (Å²) in [5, 5.41) is 13.1. The summed E-state index contributed by atoms with van der Waals surface area (Å²) in [4.78, 5) is 25.1. The van der Waals surface area contributed by atoms with Gasteiger partial charge in [0.1, 0.15) is 28.3 Å². The molecule has 6 nitrogen and oxygen atoms in total. The molecule has 0 saturated carbocycles. The minimum absolute atomic E-state index is 0.234. The van der Waals surface area contributed by atoms with Crippen LogP contribution in [0.5, 0.6) is 5.75 Å². The Morgan fingerprint density at radius 3 is 2.96 bits per heavy atom. The number of nitrogens with one attached hydrogen (secondary N) is 1. The van der Waals surface area contributed by atoms with Gasteiger partial charge in [0.2, 0.25) is 5.91 Å². The summed E-state index contributed by atoms with van der Waals surface area (Å²) >= 11 is 7.06. The van der Waals surface area contributed by atoms with E-state index < -0.39 is 11.9 Å². The number of nitriles is 1. The molecular formula is C19H17ClN2O4S. The van der Waals surface area contributed by atoms with Crippen LogP contribution in [0, 0.1) is 24.2 Å². The number of esters is 1. The van der Waals surface area contributed by atoms with E-state index in [1.54, 1.807) is 32.0 Å². The summed E-state index contributed by atoms with van der Waals surface area (Å²) in [5.74, 6) is -0.468. The Bertz CT molecular complexity index is 948. The van der Waals surface area contributed by atoms with Crippen molar-refractivity contribution in [3.63, 3.8) is 0 Å². The molecule has 8 heteroatoms. The number of carbonyl (C=O) groups excluding carboxylic acids is 2. The van der Waals surface area contributed by atoms with Crippen molar-refractivity contribution in [1.29, 1.82) is 5.26 Å². The van der Waals surface area contributed by atoms with Crippen molar-refractivity contribution in [2.75, 3.05) is 18.5 Å². The van der Waals surface area contributed by atoms with Crippen LogP contribution in [0.25, 0.3) is 0 Å². The Hall–Kier alpha value is -2.56. The summed E-state index contributed by atoms with van der Waals surface area (Å²) < 4.78 is 10.7. The quantitative estimate of drug-likeness (QED) is 0.779. The Labute approximate surface area is 165 Å². The van der Waals surface area contributed by atoms with Gasteiger partial charge in [-0.1, -0.05) is 11.6 Å². The second kappa shape index (κ2) is 7.99. The number of ether oxygens (including phenoxy) is 2. The Morgan fingerprint density at radius 2 is 2.26 bits per heavy atom. The standard InChI is InChI=1S/C19H17ClN2O4S/c1-3-25-19(24)16-10(2)14(8-21)18(27-16)22-17(23)12-6-11-7-13(20)4-5-15(11)26-9-12/h4-5,7,12H,3,6,9H2,1-2H3,(H,22,23). The van der Waals surface area contributed by atoms with Crippen molar-refractivity contribution in [1.82, 2.24) is 0 Å². The third kappa shape index (κ3) is 3.92. The number of hydrogen-bond acceptors (Lipinski definition) is 6. The van der Waals surface area contributed by atoms with Gasteiger partial charge in [-0.3, -0.25) is 4.79 Å². The largest absolute Gasteiger partial charge is 0.492 e. The number of benzene rings is 1. The molecule has 1 aromatic heterocycles. The Kier molecular flexibility index (Phi) is 5.68. The fourth-order valence-electron chi connectivity index (χ4n) is 2.87. The molecule has 1 N–H and O–H groups in total. The van der Waals surface area contributed by atoms with Gasteiger partial charge in [-0.2, -0.15) is 5.26 Å². The molecule has 0 saturated heterocycles. The van der Waals surface area contributed by atoms with Crippen LogP contribution in [0.4, 0.5) is 5.00 Å². The zero-order chi connectivity index (χ0) is 19.6. The van der Waals surface area contributed by atoms with E-state index in [0.29, 0.717) is 26.9 Å². The summed E-state index contributed by atoms with van der Waals surface area (Å²) in [6.07, 6.45) is 0.485. The highest BCUT2D eigenvalue weighted by Gasteiger charge is 2.28. The number of halogens is 1. The highest BCUT2D eigenvalue weighted by Crippen LogP contribution is 2.35. The molecule has 0 bridgehead atoms. The van der Waals surface area contributed by atoms with E-state index >= 15 is 0 Å². The minimum Gasteiger partial charge on any atom is -0.492 e. The molecular weight excluding hydrogens is 388 g/mol. The predicted octanol–water partition coefficient (Wildman–Crippen LogP) is 3.95. The van der Waals surface area contributed by atoms with Gasteiger partial charge >= 0.3 is 5.97 Å². The Balaban J connectivity index is 1.79. The van der Waals surface area contributed by atoms with Crippen LogP contribution in [-0.2, 0) is 16.0 Å². The van der Waals surface area contributed by atoms with Gasteiger partial charge in [0.15, 0.2) is 0 Å². The average Bonchev–Trinajstić information content (AvgIpc) is 2.96. The lowest BCUT2D eigenvalue weighted by Crippen LogP contribution is -2.32. The zero-order valence-electron chi connectivity index (χ0n) is 14.8. The molecule has 1 unspecified atom stereocenters. The summed E-state index contributed by atoms with van der Waals surface area (Å²) in [5.41, 5.74) is 1.65. The molecule has 140 valence electrons. The third-order valence-corrected chi connectivity index (χ3v) is 5.68. The molecule has 1 aromatic carbocycles. The van der Waals surface area contributed by atoms with Crippen molar-refractivity contribution < 1.29 is 19.1 Å². The van der Waals surface area contributed by atoms with E-state index in [4.69, 9.17) is 21.1 Å². The molecule has 1 atom stereocenters. The average molecular weight is 405 g/mol. The number of anilines is 1. The first-order valence-corrected chi connectivity index (χ1v) is 9.56. The highest BCUT2D eigenvalue weighted by molar-refractivity contribution is 7.18. The number of carbonyl (C=O) groups is 2. The number of fused-ring (bicyclic) bond motifs is 1. The zero-order valence-corrected chi connectivity index (χ0v) is 16.4. The van der Waals surface area contributed by atoms with E-state index in [9.17, 15) is 14.9 Å². The van der Waals surface area contributed by atoms with E-state index in [2.05, 4.69) is 11.4 Å². The van der Waals surface area contributed by atoms with Crippen molar-refractivity contribution in [3.05, 3.63) is 44.8 Å². The fraction of sp³-hybridized carbons (Fsp3) is 0.316. The van der Waals surface area contributed by atoms with Gasteiger partial charge < -0.3 is 14.8 Å². The van der Waals surface area contributed by atoms with Gasteiger partial charge in [-0.15, -0.1) is 11.3 Å². The van der Waals surface area contributed by atoms with Gasteiger partial charge in [0.25, 0.3) is 0 Å². The SMILES string of the molecule is CCOC(=O)c1sc(NC(=O)C2COc3ccc(Cl)cc3C2)c(C#N)c1C. The van der Waals surface area contributed by atoms with E-state index in [0.717, 1.165) is 22.6 Å². The van der Waals surface area contributed by atoms with Crippen LogP contribution >= 0.6 is 22.9 Å². The van der Waals surface area contributed by atoms with Gasteiger partial charge in [-0.05, 0) is 49.6 Å². The second-order valence-corrected chi connectivity index (χ2v) is 7.50. The number of thiophene rings is 1. The number of rotatable bonds is 4. The van der Waals surface area contributed by atoms with Crippen molar-refractivity contribution in [2.45, 2.75) is 20.3 Å². The Morgan fingerprint density at radius 1 is 1.48 bits per heavy atom. The molecule has 1 amide bonds. The number of nitrogens with zero attached hydrogens (tertiary/aromatic N) is 1. The van der Waals surface area contributed by atoms with Crippen molar-refractivity contribution >= 4 is 39.8 Å². The highest BCUT2D eigenvalue weighted by atomic mass is 35.5. The van der Waals surface area contributed by atoms with Crippen LogP contribution in [0.15, 0.2) is 18.2 Å². The smallest absolute Gasteiger partial charge is 0.348 e. The normalized spacial score (nSPS) is 15.3. The lowest BCUT2D eigenvalue weighted by molar-refractivity contribution is -0.121. The maximum Gasteiger partial charge on any atom is 0.348 e. The monoisotopic (exact) mass is 404 g/mol. The molecule has 1 aliphatic heterocycles. The van der Waals surface area contributed by atoms with Crippen LogP contribution < -0.4 is 10.1 Å². The first-order valence-electron chi connectivity index (χ1n) is 8.37. The molecule has 3 rings (SSSR count). The molecule has 27 heavy (non-hydrogen) atoms.